The smallest absolute Gasteiger partial charge is 0.145 e. The number of nitrogens with zero attached hydrogens (tertiary/aromatic N) is 2. The van der Waals surface area contributed by atoms with Gasteiger partial charge in [0.2, 0.25) is 0 Å². The van der Waals surface area contributed by atoms with Crippen molar-refractivity contribution in [1.29, 1.82) is 0 Å². The average molecular weight is 507 g/mol. The number of hydrogen-bond acceptors (Lipinski definition) is 6. The van der Waals surface area contributed by atoms with Gasteiger partial charge in [0.1, 0.15) is 24.3 Å². The molecule has 2 aromatic carbocycles. The lowest BCUT2D eigenvalue weighted by molar-refractivity contribution is -0.00957. The number of ether oxygens (including phenoxy) is 1. The van der Waals surface area contributed by atoms with Gasteiger partial charge in [-0.3, -0.25) is 4.90 Å². The van der Waals surface area contributed by atoms with Crippen LogP contribution in [0.3, 0.4) is 0 Å². The van der Waals surface area contributed by atoms with Crippen molar-refractivity contribution in [1.82, 2.24) is 4.90 Å². The molecule has 4 rings (SSSR count). The van der Waals surface area contributed by atoms with E-state index in [0.29, 0.717) is 41.9 Å². The second-order valence-corrected chi connectivity index (χ2v) is 8.99. The normalized spacial score (nSPS) is 16.5. The second kappa shape index (κ2) is 11.8. The molecule has 0 unspecified atom stereocenters. The van der Waals surface area contributed by atoms with Gasteiger partial charge in [-0.15, -0.1) is 0 Å². The van der Waals surface area contributed by atoms with Crippen molar-refractivity contribution in [2.45, 2.75) is 31.8 Å². The van der Waals surface area contributed by atoms with E-state index >= 15 is 0 Å². The average Bonchev–Trinajstić information content (AvgIpc) is 3.48. The minimum absolute atomic E-state index is 0.136. The van der Waals surface area contributed by atoms with Gasteiger partial charge in [-0.2, -0.15) is 0 Å². The number of oxime groups is 1. The van der Waals surface area contributed by atoms with Crippen LogP contribution in [0, 0.1) is 5.82 Å². The molecule has 0 aliphatic carbocycles. The zero-order valence-corrected chi connectivity index (χ0v) is 19.9. The Morgan fingerprint density at radius 2 is 2.03 bits per heavy atom. The molecule has 34 heavy (non-hydrogen) atoms. The van der Waals surface area contributed by atoms with Crippen LogP contribution in [0.1, 0.15) is 23.3 Å². The third-order valence-electron chi connectivity index (χ3n) is 5.35. The van der Waals surface area contributed by atoms with E-state index < -0.39 is 6.10 Å². The summed E-state index contributed by atoms with van der Waals surface area (Å²) >= 11 is 12.1. The molecule has 1 aliphatic rings. The minimum atomic E-state index is -0.750. The lowest BCUT2D eigenvalue weighted by Gasteiger charge is -2.27. The fraction of sp³-hybridized carbons (Fsp3) is 0.320. The van der Waals surface area contributed by atoms with Crippen molar-refractivity contribution in [2.24, 2.45) is 5.16 Å². The summed E-state index contributed by atoms with van der Waals surface area (Å²) in [7, 11) is 0. The predicted octanol–water partition coefficient (Wildman–Crippen LogP) is 5.30. The molecule has 0 bridgehead atoms. The van der Waals surface area contributed by atoms with Crippen LogP contribution in [-0.4, -0.2) is 47.6 Å². The molecule has 9 heteroatoms. The summed E-state index contributed by atoms with van der Waals surface area (Å²) in [5.74, 6) is 0.386. The predicted molar refractivity (Wildman–Crippen MR) is 129 cm³/mol. The van der Waals surface area contributed by atoms with E-state index in [1.54, 1.807) is 30.5 Å². The summed E-state index contributed by atoms with van der Waals surface area (Å²) in [5, 5.41) is 15.7. The van der Waals surface area contributed by atoms with Crippen molar-refractivity contribution < 1.29 is 23.5 Å². The Morgan fingerprint density at radius 3 is 2.79 bits per heavy atom. The first-order chi connectivity index (χ1) is 16.5. The first kappa shape index (κ1) is 24.7. The number of halogens is 3. The Morgan fingerprint density at radius 1 is 1.15 bits per heavy atom. The quantitative estimate of drug-likeness (QED) is 0.382. The van der Waals surface area contributed by atoms with Gasteiger partial charge in [-0.25, -0.2) is 4.39 Å². The largest absolute Gasteiger partial charge is 0.467 e. The van der Waals surface area contributed by atoms with Crippen LogP contribution in [0.5, 0.6) is 0 Å². The Labute approximate surface area is 207 Å². The SMILES string of the molecule is O[C@@H](COCc1ccco1)CN(Cc1cccc(F)c1)C[C@H]1CC(c2ccc(Cl)c(Cl)c2)=NO1. The molecule has 2 heterocycles. The summed E-state index contributed by atoms with van der Waals surface area (Å²) in [6.07, 6.45) is 1.17. The van der Waals surface area contributed by atoms with Crippen molar-refractivity contribution in [2.75, 3.05) is 19.7 Å². The number of benzene rings is 2. The Bertz CT molecular complexity index is 1110. The van der Waals surface area contributed by atoms with Crippen molar-refractivity contribution in [3.63, 3.8) is 0 Å². The molecule has 0 amide bonds. The van der Waals surface area contributed by atoms with Crippen LogP contribution >= 0.6 is 23.2 Å². The van der Waals surface area contributed by atoms with Crippen molar-refractivity contribution in [3.8, 4) is 0 Å². The molecule has 0 fully saturated rings. The van der Waals surface area contributed by atoms with E-state index in [2.05, 4.69) is 5.16 Å². The van der Waals surface area contributed by atoms with Gasteiger partial charge in [0.25, 0.3) is 0 Å². The number of aliphatic hydroxyl groups is 1. The second-order valence-electron chi connectivity index (χ2n) is 8.17. The van der Waals surface area contributed by atoms with Crippen LogP contribution in [0.25, 0.3) is 0 Å². The number of hydrogen-bond donors (Lipinski definition) is 1. The molecular weight excluding hydrogens is 482 g/mol. The Kier molecular flexibility index (Phi) is 8.59. The van der Waals surface area contributed by atoms with Gasteiger partial charge in [-0.05, 0) is 42.0 Å². The van der Waals surface area contributed by atoms with Crippen LogP contribution in [0.4, 0.5) is 4.39 Å². The third kappa shape index (κ3) is 7.04. The first-order valence-electron chi connectivity index (χ1n) is 10.9. The Balaban J connectivity index is 1.36. The van der Waals surface area contributed by atoms with Crippen molar-refractivity contribution in [3.05, 3.63) is 93.6 Å². The van der Waals surface area contributed by atoms with Crippen LogP contribution in [0.15, 0.2) is 70.4 Å². The molecule has 0 radical (unpaired) electrons. The van der Waals surface area contributed by atoms with Gasteiger partial charge in [0.05, 0.1) is 34.7 Å². The zero-order chi connectivity index (χ0) is 23.9. The summed E-state index contributed by atoms with van der Waals surface area (Å²) in [6.45, 7) is 1.66. The fourth-order valence-electron chi connectivity index (χ4n) is 3.80. The maximum atomic E-state index is 13.7. The molecule has 1 N–H and O–H groups in total. The molecular formula is C25H25Cl2FN2O4. The van der Waals surface area contributed by atoms with Gasteiger partial charge in [0, 0.05) is 31.6 Å². The molecule has 0 saturated heterocycles. The van der Waals surface area contributed by atoms with Gasteiger partial charge in [-0.1, -0.05) is 46.6 Å². The molecule has 6 nitrogen and oxygen atoms in total. The van der Waals surface area contributed by atoms with Gasteiger partial charge < -0.3 is 19.1 Å². The van der Waals surface area contributed by atoms with Gasteiger partial charge >= 0.3 is 0 Å². The van der Waals surface area contributed by atoms with Crippen molar-refractivity contribution >= 4 is 28.9 Å². The van der Waals surface area contributed by atoms with Crippen LogP contribution < -0.4 is 0 Å². The summed E-state index contributed by atoms with van der Waals surface area (Å²) in [6, 6.07) is 15.3. The molecule has 3 aromatic rings. The maximum Gasteiger partial charge on any atom is 0.145 e. The molecule has 1 aromatic heterocycles. The molecule has 0 saturated carbocycles. The molecule has 180 valence electrons. The Hall–Kier alpha value is -2.42. The van der Waals surface area contributed by atoms with Crippen LogP contribution in [-0.2, 0) is 22.7 Å². The number of furan rings is 1. The highest BCUT2D eigenvalue weighted by molar-refractivity contribution is 6.42. The fourth-order valence-corrected chi connectivity index (χ4v) is 4.10. The highest BCUT2D eigenvalue weighted by atomic mass is 35.5. The number of rotatable bonds is 11. The van der Waals surface area contributed by atoms with E-state index in [1.807, 2.05) is 23.1 Å². The zero-order valence-electron chi connectivity index (χ0n) is 18.4. The molecule has 1 aliphatic heterocycles. The molecule has 2 atom stereocenters. The monoisotopic (exact) mass is 506 g/mol. The minimum Gasteiger partial charge on any atom is -0.467 e. The summed E-state index contributed by atoms with van der Waals surface area (Å²) in [4.78, 5) is 7.67. The molecule has 0 spiro atoms. The summed E-state index contributed by atoms with van der Waals surface area (Å²) < 4.78 is 24.5. The van der Waals surface area contributed by atoms with Crippen LogP contribution in [0.2, 0.25) is 10.0 Å². The highest BCUT2D eigenvalue weighted by Gasteiger charge is 2.26. The number of aliphatic hydroxyl groups excluding tert-OH is 1. The topological polar surface area (TPSA) is 67.4 Å². The third-order valence-corrected chi connectivity index (χ3v) is 6.09. The standard InChI is InChI=1S/C25H25Cl2FN2O4/c26-23-7-6-18(10-24(23)27)25-11-22(34-29-25)14-30(12-17-3-1-4-19(28)9-17)13-20(31)15-32-16-21-5-2-8-33-21/h1-10,20,22,31H,11-16H2/t20-,22-/m1/s1. The van der Waals surface area contributed by atoms with E-state index in [-0.39, 0.29) is 25.1 Å². The summed E-state index contributed by atoms with van der Waals surface area (Å²) in [5.41, 5.74) is 2.42. The van der Waals surface area contributed by atoms with E-state index in [1.165, 1.54) is 12.1 Å². The first-order valence-corrected chi connectivity index (χ1v) is 11.6. The highest BCUT2D eigenvalue weighted by Crippen LogP contribution is 2.26. The van der Waals surface area contributed by atoms with E-state index in [0.717, 1.165) is 16.8 Å². The van der Waals surface area contributed by atoms with E-state index in [4.69, 9.17) is 37.2 Å². The lowest BCUT2D eigenvalue weighted by atomic mass is 10.0. The lowest BCUT2D eigenvalue weighted by Crippen LogP contribution is -2.39. The maximum absolute atomic E-state index is 13.7. The van der Waals surface area contributed by atoms with E-state index in [9.17, 15) is 9.50 Å². The van der Waals surface area contributed by atoms with Gasteiger partial charge in [0.15, 0.2) is 0 Å².